The molecule has 1 aromatic heterocycles. The van der Waals surface area contributed by atoms with Crippen LogP contribution in [0, 0.1) is 25.1 Å². The second-order valence-electron chi connectivity index (χ2n) is 11.4. The van der Waals surface area contributed by atoms with E-state index in [1.807, 2.05) is 13.8 Å². The molecule has 2 fully saturated rings. The van der Waals surface area contributed by atoms with E-state index in [4.69, 9.17) is 0 Å². The molecule has 206 valence electrons. The lowest BCUT2D eigenvalue weighted by Gasteiger charge is -2.35. The summed E-state index contributed by atoms with van der Waals surface area (Å²) in [5.41, 5.74) is 1.49. The molecule has 3 N–H and O–H groups in total. The molecule has 11 heteroatoms. The Morgan fingerprint density at radius 1 is 1.26 bits per heavy atom. The van der Waals surface area contributed by atoms with Gasteiger partial charge in [0.15, 0.2) is 5.67 Å². The van der Waals surface area contributed by atoms with Gasteiger partial charge in [-0.25, -0.2) is 13.8 Å². The summed E-state index contributed by atoms with van der Waals surface area (Å²) in [5.74, 6) is -2.31. The second kappa shape index (κ2) is 10.3. The summed E-state index contributed by atoms with van der Waals surface area (Å²) in [6, 6.07) is 1.04. The fraction of sp³-hybridized carbons (Fsp3) is 0.556. The Hall–Kier alpha value is -2.92. The minimum absolute atomic E-state index is 0.0202. The molecule has 8 nitrogen and oxygen atoms in total. The summed E-state index contributed by atoms with van der Waals surface area (Å²) in [5, 5.41) is 15.6. The summed E-state index contributed by atoms with van der Waals surface area (Å²) in [7, 11) is 0. The molecule has 1 saturated heterocycles. The van der Waals surface area contributed by atoms with E-state index in [1.54, 1.807) is 32.3 Å². The average Bonchev–Trinajstić information content (AvgIpc) is 3.25. The number of halogens is 2. The molecule has 3 amide bonds. The molecule has 2 aliphatic rings. The Morgan fingerprint density at radius 2 is 1.95 bits per heavy atom. The first-order valence-corrected chi connectivity index (χ1v) is 13.5. The highest BCUT2D eigenvalue weighted by molar-refractivity contribution is 7.13. The largest absolute Gasteiger partial charge is 0.391 e. The van der Waals surface area contributed by atoms with Crippen molar-refractivity contribution in [3.63, 3.8) is 0 Å². The van der Waals surface area contributed by atoms with Crippen LogP contribution in [0.5, 0.6) is 0 Å². The number of aliphatic hydroxyl groups is 1. The third-order valence-electron chi connectivity index (χ3n) is 7.22. The van der Waals surface area contributed by atoms with Crippen molar-refractivity contribution in [3.8, 4) is 10.4 Å². The van der Waals surface area contributed by atoms with Crippen molar-refractivity contribution in [1.82, 2.24) is 20.5 Å². The van der Waals surface area contributed by atoms with Crippen LogP contribution in [0.2, 0.25) is 0 Å². The number of amides is 3. The number of hydrogen-bond donors (Lipinski definition) is 3. The lowest BCUT2D eigenvalue weighted by Crippen LogP contribution is -2.59. The van der Waals surface area contributed by atoms with Crippen LogP contribution in [-0.2, 0) is 20.9 Å². The molecule has 3 atom stereocenters. The van der Waals surface area contributed by atoms with Gasteiger partial charge in [-0.2, -0.15) is 0 Å². The maximum absolute atomic E-state index is 14.9. The van der Waals surface area contributed by atoms with E-state index < -0.39 is 52.8 Å². The van der Waals surface area contributed by atoms with Crippen molar-refractivity contribution in [2.45, 2.75) is 84.3 Å². The van der Waals surface area contributed by atoms with Crippen LogP contribution in [0.4, 0.5) is 8.78 Å². The molecular weight excluding hydrogens is 514 g/mol. The van der Waals surface area contributed by atoms with Gasteiger partial charge in [0.05, 0.1) is 22.2 Å². The number of β-amino-alcohol motifs (C(OH)–C–C–N with tert-alkyl or cyclic N) is 1. The zero-order valence-electron chi connectivity index (χ0n) is 22.2. The van der Waals surface area contributed by atoms with Gasteiger partial charge >= 0.3 is 0 Å². The number of aliphatic hydroxyl groups excluding tert-OH is 1. The molecule has 1 aromatic carbocycles. The summed E-state index contributed by atoms with van der Waals surface area (Å²) in [6.45, 7) is 8.80. The predicted molar refractivity (Wildman–Crippen MR) is 139 cm³/mol. The lowest BCUT2D eigenvalue weighted by atomic mass is 9.85. The third kappa shape index (κ3) is 5.73. The topological polar surface area (TPSA) is 112 Å². The molecule has 0 unspecified atom stereocenters. The highest BCUT2D eigenvalue weighted by Crippen LogP contribution is 2.40. The summed E-state index contributed by atoms with van der Waals surface area (Å²) < 4.78 is 29.3. The van der Waals surface area contributed by atoms with Crippen molar-refractivity contribution in [3.05, 3.63) is 40.3 Å². The highest BCUT2D eigenvalue weighted by atomic mass is 32.1. The number of benzene rings is 1. The van der Waals surface area contributed by atoms with Gasteiger partial charge in [0, 0.05) is 25.1 Å². The smallest absolute Gasteiger partial charge is 0.258 e. The first-order chi connectivity index (χ1) is 17.7. The van der Waals surface area contributed by atoms with Crippen LogP contribution < -0.4 is 10.6 Å². The molecular formula is C27H34F2N4O4S. The lowest BCUT2D eigenvalue weighted by molar-refractivity contribution is -0.145. The van der Waals surface area contributed by atoms with Crippen molar-refractivity contribution in [2.24, 2.45) is 5.41 Å². The Bertz CT molecular complexity index is 1250. The number of hydrogen-bond acceptors (Lipinski definition) is 6. The van der Waals surface area contributed by atoms with Gasteiger partial charge in [0.2, 0.25) is 11.8 Å². The molecule has 38 heavy (non-hydrogen) atoms. The normalized spacial score (nSPS) is 21.2. The fourth-order valence-electron chi connectivity index (χ4n) is 4.67. The van der Waals surface area contributed by atoms with Gasteiger partial charge in [-0.05, 0) is 55.4 Å². The number of thiazole rings is 1. The van der Waals surface area contributed by atoms with Crippen LogP contribution in [0.25, 0.3) is 10.4 Å². The SMILES string of the molecule is Cc1cc(-c2scnc2C)c(F)cc1CNC(=O)[C@@H]1C[C@@H](O)CN1C(=O)[C@@H](NC(=O)C1(F)CC1)C(C)(C)C. The summed E-state index contributed by atoms with van der Waals surface area (Å²) in [4.78, 5) is 45.3. The monoisotopic (exact) mass is 548 g/mol. The number of carbonyl (C=O) groups is 3. The highest BCUT2D eigenvalue weighted by Gasteiger charge is 2.53. The van der Waals surface area contributed by atoms with E-state index in [1.165, 1.54) is 22.3 Å². The van der Waals surface area contributed by atoms with Gasteiger partial charge in [0.25, 0.3) is 5.91 Å². The predicted octanol–water partition coefficient (Wildman–Crippen LogP) is 3.18. The van der Waals surface area contributed by atoms with Crippen LogP contribution >= 0.6 is 11.3 Å². The van der Waals surface area contributed by atoms with E-state index in [2.05, 4.69) is 15.6 Å². The van der Waals surface area contributed by atoms with Crippen LogP contribution in [0.1, 0.15) is 56.9 Å². The van der Waals surface area contributed by atoms with E-state index in [0.717, 1.165) is 16.1 Å². The minimum atomic E-state index is -1.95. The second-order valence-corrected chi connectivity index (χ2v) is 12.2. The number of likely N-dealkylation sites (tertiary alicyclic amines) is 1. The van der Waals surface area contributed by atoms with Crippen LogP contribution in [0.3, 0.4) is 0 Å². The molecule has 2 aromatic rings. The maximum atomic E-state index is 14.9. The first-order valence-electron chi connectivity index (χ1n) is 12.7. The summed E-state index contributed by atoms with van der Waals surface area (Å²) in [6.07, 6.45) is -0.681. The Morgan fingerprint density at radius 3 is 2.53 bits per heavy atom. The van der Waals surface area contributed by atoms with Crippen molar-refractivity contribution >= 4 is 29.1 Å². The van der Waals surface area contributed by atoms with Gasteiger partial charge < -0.3 is 20.6 Å². The minimum Gasteiger partial charge on any atom is -0.391 e. The van der Waals surface area contributed by atoms with E-state index in [-0.39, 0.29) is 32.4 Å². The van der Waals surface area contributed by atoms with Gasteiger partial charge in [-0.15, -0.1) is 11.3 Å². The van der Waals surface area contributed by atoms with E-state index >= 15 is 0 Å². The third-order valence-corrected chi connectivity index (χ3v) is 8.18. The first kappa shape index (κ1) is 28.1. The quantitative estimate of drug-likeness (QED) is 0.492. The number of rotatable bonds is 7. The molecule has 0 radical (unpaired) electrons. The number of aromatic nitrogens is 1. The summed E-state index contributed by atoms with van der Waals surface area (Å²) >= 11 is 1.35. The Kier molecular flexibility index (Phi) is 7.64. The fourth-order valence-corrected chi connectivity index (χ4v) is 5.49. The molecule has 1 aliphatic carbocycles. The number of carbonyl (C=O) groups excluding carboxylic acids is 3. The van der Waals surface area contributed by atoms with Crippen molar-refractivity contribution in [2.75, 3.05) is 6.54 Å². The Balaban J connectivity index is 1.47. The Labute approximate surface area is 224 Å². The number of aryl methyl sites for hydroxylation is 2. The molecule has 0 bridgehead atoms. The molecule has 1 saturated carbocycles. The van der Waals surface area contributed by atoms with Crippen LogP contribution in [0.15, 0.2) is 17.6 Å². The molecule has 2 heterocycles. The zero-order chi connectivity index (χ0) is 28.0. The van der Waals surface area contributed by atoms with Gasteiger partial charge in [-0.3, -0.25) is 14.4 Å². The molecule has 1 aliphatic heterocycles. The van der Waals surface area contributed by atoms with Crippen molar-refractivity contribution in [1.29, 1.82) is 0 Å². The standard InChI is InChI=1S/C27H34F2N4O4S/c1-14-8-18(21-15(2)31-13-38-21)19(28)9-16(14)11-30-23(35)20-10-17(34)12-33(20)24(36)22(26(3,4)5)32-25(37)27(29)6-7-27/h8-9,13,17,20,22,34H,6-7,10-12H2,1-5H3,(H,30,35)(H,32,37)/t17-,20+,22-/m1/s1. The molecule has 0 spiro atoms. The zero-order valence-corrected chi connectivity index (χ0v) is 23.0. The number of alkyl halides is 1. The van der Waals surface area contributed by atoms with Crippen molar-refractivity contribution < 1.29 is 28.3 Å². The van der Waals surface area contributed by atoms with E-state index in [0.29, 0.717) is 11.1 Å². The van der Waals surface area contributed by atoms with Gasteiger partial charge in [-0.1, -0.05) is 20.8 Å². The van der Waals surface area contributed by atoms with Crippen LogP contribution in [-0.4, -0.2) is 63.1 Å². The molecule has 4 rings (SSSR count). The number of nitrogens with one attached hydrogen (secondary N) is 2. The maximum Gasteiger partial charge on any atom is 0.258 e. The average molecular weight is 549 g/mol. The van der Waals surface area contributed by atoms with Gasteiger partial charge in [0.1, 0.15) is 17.9 Å². The van der Waals surface area contributed by atoms with E-state index in [9.17, 15) is 28.3 Å². The number of nitrogens with zero attached hydrogens (tertiary/aromatic N) is 2.